The standard InChI is InChI=1S/C9H17N7/c1-15(2)8-11-7(14-10)12-9(13-8)16(3)6-4-5-6/h6H,4-5,10H2,1-3H3,(H,11,12,13,14). The average Bonchev–Trinajstić information content (AvgIpc) is 3.11. The fourth-order valence-corrected chi connectivity index (χ4v) is 1.40. The minimum absolute atomic E-state index is 0.390. The number of rotatable bonds is 4. The molecule has 7 nitrogen and oxygen atoms in total. The Morgan fingerprint density at radius 1 is 1.12 bits per heavy atom. The summed E-state index contributed by atoms with van der Waals surface area (Å²) in [7, 11) is 5.76. The fourth-order valence-electron chi connectivity index (χ4n) is 1.40. The molecule has 1 aromatic rings. The van der Waals surface area contributed by atoms with Gasteiger partial charge < -0.3 is 9.80 Å². The number of nitrogens with two attached hydrogens (primary N) is 1. The van der Waals surface area contributed by atoms with Crippen molar-refractivity contribution in [3.05, 3.63) is 0 Å². The van der Waals surface area contributed by atoms with Crippen molar-refractivity contribution in [2.75, 3.05) is 36.4 Å². The van der Waals surface area contributed by atoms with E-state index in [0.717, 1.165) is 0 Å². The molecule has 0 amide bonds. The third-order valence-electron chi connectivity index (χ3n) is 2.55. The van der Waals surface area contributed by atoms with Crippen molar-refractivity contribution in [1.29, 1.82) is 0 Å². The van der Waals surface area contributed by atoms with Gasteiger partial charge in [0.1, 0.15) is 0 Å². The van der Waals surface area contributed by atoms with E-state index in [4.69, 9.17) is 5.84 Å². The molecule has 0 radical (unpaired) electrons. The number of nitrogens with one attached hydrogen (secondary N) is 1. The Morgan fingerprint density at radius 2 is 1.75 bits per heavy atom. The predicted molar refractivity (Wildman–Crippen MR) is 63.4 cm³/mol. The molecule has 0 saturated heterocycles. The minimum Gasteiger partial charge on any atom is -0.347 e. The van der Waals surface area contributed by atoms with Gasteiger partial charge in [-0.05, 0) is 12.8 Å². The average molecular weight is 223 g/mol. The van der Waals surface area contributed by atoms with Gasteiger partial charge in [-0.3, -0.25) is 5.43 Å². The fraction of sp³-hybridized carbons (Fsp3) is 0.667. The van der Waals surface area contributed by atoms with Crippen LogP contribution in [0.15, 0.2) is 0 Å². The molecule has 0 aromatic carbocycles. The molecular weight excluding hydrogens is 206 g/mol. The monoisotopic (exact) mass is 223 g/mol. The van der Waals surface area contributed by atoms with Crippen LogP contribution in [-0.2, 0) is 0 Å². The molecule has 1 aromatic heterocycles. The molecule has 88 valence electrons. The van der Waals surface area contributed by atoms with Crippen molar-refractivity contribution in [3.63, 3.8) is 0 Å². The second-order valence-corrected chi connectivity index (χ2v) is 4.14. The molecule has 1 saturated carbocycles. The van der Waals surface area contributed by atoms with E-state index < -0.39 is 0 Å². The molecule has 3 N–H and O–H groups in total. The van der Waals surface area contributed by atoms with Crippen LogP contribution >= 0.6 is 0 Å². The zero-order valence-corrected chi connectivity index (χ0v) is 9.80. The first kappa shape index (κ1) is 10.9. The van der Waals surface area contributed by atoms with Gasteiger partial charge >= 0.3 is 0 Å². The molecule has 0 spiro atoms. The molecule has 1 fully saturated rings. The number of hydrazine groups is 1. The second kappa shape index (κ2) is 4.09. The Bertz CT molecular complexity index is 374. The molecule has 0 bridgehead atoms. The molecule has 0 unspecified atom stereocenters. The van der Waals surface area contributed by atoms with Gasteiger partial charge in [-0.25, -0.2) is 5.84 Å². The van der Waals surface area contributed by atoms with Crippen molar-refractivity contribution in [1.82, 2.24) is 15.0 Å². The Hall–Kier alpha value is -1.63. The Morgan fingerprint density at radius 3 is 2.25 bits per heavy atom. The third kappa shape index (κ3) is 2.13. The SMILES string of the molecule is CN(C)c1nc(NN)nc(N(C)C2CC2)n1. The summed E-state index contributed by atoms with van der Waals surface area (Å²) in [4.78, 5) is 16.7. The van der Waals surface area contributed by atoms with Gasteiger partial charge in [0.2, 0.25) is 17.8 Å². The van der Waals surface area contributed by atoms with Crippen LogP contribution in [0.1, 0.15) is 12.8 Å². The zero-order chi connectivity index (χ0) is 11.7. The molecule has 1 aliphatic carbocycles. The third-order valence-corrected chi connectivity index (χ3v) is 2.55. The van der Waals surface area contributed by atoms with Crippen LogP contribution in [-0.4, -0.2) is 42.1 Å². The van der Waals surface area contributed by atoms with E-state index in [9.17, 15) is 0 Å². The summed E-state index contributed by atoms with van der Waals surface area (Å²) < 4.78 is 0. The highest BCUT2D eigenvalue weighted by Crippen LogP contribution is 2.28. The normalized spacial score (nSPS) is 14.8. The maximum Gasteiger partial charge on any atom is 0.243 e. The van der Waals surface area contributed by atoms with E-state index in [1.807, 2.05) is 26.0 Å². The van der Waals surface area contributed by atoms with Crippen molar-refractivity contribution in [2.45, 2.75) is 18.9 Å². The van der Waals surface area contributed by atoms with Crippen LogP contribution in [0.5, 0.6) is 0 Å². The van der Waals surface area contributed by atoms with Gasteiger partial charge in [-0.2, -0.15) is 15.0 Å². The lowest BCUT2D eigenvalue weighted by molar-refractivity contribution is 0.838. The lowest BCUT2D eigenvalue weighted by Gasteiger charge is -2.19. The summed E-state index contributed by atoms with van der Waals surface area (Å²) in [6.45, 7) is 0. The van der Waals surface area contributed by atoms with Gasteiger partial charge in [-0.1, -0.05) is 0 Å². The van der Waals surface area contributed by atoms with Crippen LogP contribution in [0.25, 0.3) is 0 Å². The van der Waals surface area contributed by atoms with E-state index in [1.165, 1.54) is 12.8 Å². The topological polar surface area (TPSA) is 83.2 Å². The Labute approximate surface area is 94.7 Å². The van der Waals surface area contributed by atoms with Crippen LogP contribution in [0.3, 0.4) is 0 Å². The molecule has 1 heterocycles. The molecule has 0 atom stereocenters. The molecule has 0 aliphatic heterocycles. The molecule has 7 heteroatoms. The number of anilines is 3. The Balaban J connectivity index is 2.31. The highest BCUT2D eigenvalue weighted by Gasteiger charge is 2.28. The van der Waals surface area contributed by atoms with Crippen molar-refractivity contribution >= 4 is 17.8 Å². The second-order valence-electron chi connectivity index (χ2n) is 4.14. The first-order valence-corrected chi connectivity index (χ1v) is 5.24. The van der Waals surface area contributed by atoms with E-state index in [-0.39, 0.29) is 0 Å². The van der Waals surface area contributed by atoms with Crippen LogP contribution in [0.2, 0.25) is 0 Å². The first-order valence-electron chi connectivity index (χ1n) is 5.24. The van der Waals surface area contributed by atoms with Gasteiger partial charge in [0, 0.05) is 27.2 Å². The molecule has 16 heavy (non-hydrogen) atoms. The van der Waals surface area contributed by atoms with Gasteiger partial charge in [0.05, 0.1) is 0 Å². The smallest absolute Gasteiger partial charge is 0.243 e. The molecule has 2 rings (SSSR count). The molecule has 1 aliphatic rings. The van der Waals surface area contributed by atoms with Gasteiger partial charge in [0.25, 0.3) is 0 Å². The maximum atomic E-state index is 5.34. The van der Waals surface area contributed by atoms with Crippen molar-refractivity contribution in [3.8, 4) is 0 Å². The number of hydrogen-bond acceptors (Lipinski definition) is 7. The summed E-state index contributed by atoms with van der Waals surface area (Å²) in [5, 5.41) is 0. The number of hydrogen-bond donors (Lipinski definition) is 2. The van der Waals surface area contributed by atoms with Crippen molar-refractivity contribution < 1.29 is 0 Å². The highest BCUT2D eigenvalue weighted by molar-refractivity contribution is 5.44. The predicted octanol–water partition coefficient (Wildman–Crippen LogP) is -0.178. The van der Waals surface area contributed by atoms with E-state index in [1.54, 1.807) is 0 Å². The summed E-state index contributed by atoms with van der Waals surface area (Å²) in [6.07, 6.45) is 2.40. The lowest BCUT2D eigenvalue weighted by atomic mass is 10.6. The first-order chi connectivity index (χ1) is 7.61. The van der Waals surface area contributed by atoms with Gasteiger partial charge in [0.15, 0.2) is 0 Å². The van der Waals surface area contributed by atoms with Crippen molar-refractivity contribution in [2.24, 2.45) is 5.84 Å². The highest BCUT2D eigenvalue weighted by atomic mass is 15.4. The zero-order valence-electron chi connectivity index (χ0n) is 9.80. The summed E-state index contributed by atoms with van der Waals surface area (Å²) in [6, 6.07) is 0.558. The number of nitrogens with zero attached hydrogens (tertiary/aromatic N) is 5. The van der Waals surface area contributed by atoms with Crippen LogP contribution < -0.4 is 21.1 Å². The largest absolute Gasteiger partial charge is 0.347 e. The van der Waals surface area contributed by atoms with E-state index in [2.05, 4.69) is 25.3 Å². The summed E-state index contributed by atoms with van der Waals surface area (Å²) in [5.41, 5.74) is 2.46. The molecular formula is C9H17N7. The summed E-state index contributed by atoms with van der Waals surface area (Å²) in [5.74, 6) is 6.99. The van der Waals surface area contributed by atoms with Gasteiger partial charge in [-0.15, -0.1) is 0 Å². The quantitative estimate of drug-likeness (QED) is 0.541. The van der Waals surface area contributed by atoms with Crippen LogP contribution in [0.4, 0.5) is 17.8 Å². The summed E-state index contributed by atoms with van der Waals surface area (Å²) >= 11 is 0. The number of aromatic nitrogens is 3. The lowest BCUT2D eigenvalue weighted by Crippen LogP contribution is -2.25. The van der Waals surface area contributed by atoms with Crippen LogP contribution in [0, 0.1) is 0 Å². The van der Waals surface area contributed by atoms with E-state index >= 15 is 0 Å². The number of nitrogen functional groups attached to an aromatic ring is 1. The van der Waals surface area contributed by atoms with E-state index in [0.29, 0.717) is 23.9 Å². The Kier molecular flexibility index (Phi) is 2.78. The minimum atomic E-state index is 0.390. The maximum absolute atomic E-state index is 5.34.